The fraction of sp³-hybridized carbons (Fsp3) is 0.130. The van der Waals surface area contributed by atoms with Crippen molar-refractivity contribution in [2.75, 3.05) is 18.2 Å². The summed E-state index contributed by atoms with van der Waals surface area (Å²) in [7, 11) is 1.29. The summed E-state index contributed by atoms with van der Waals surface area (Å²) in [5.41, 5.74) is 2.90. The third-order valence-electron chi connectivity index (χ3n) is 4.22. The van der Waals surface area contributed by atoms with E-state index in [9.17, 15) is 14.9 Å². The number of esters is 1. The first-order chi connectivity index (χ1) is 14.6. The molecular weight excluding hydrogens is 398 g/mol. The van der Waals surface area contributed by atoms with Crippen molar-refractivity contribution in [3.8, 4) is 17.3 Å². The molecule has 0 aliphatic heterocycles. The maximum atomic E-state index is 12.3. The van der Waals surface area contributed by atoms with Gasteiger partial charge < -0.3 is 10.1 Å². The molecule has 2 aromatic carbocycles. The molecule has 6 nitrogen and oxygen atoms in total. The number of aromatic nitrogens is 1. The highest BCUT2D eigenvalue weighted by molar-refractivity contribution is 7.99. The third kappa shape index (κ3) is 5.25. The zero-order chi connectivity index (χ0) is 21.3. The van der Waals surface area contributed by atoms with Gasteiger partial charge in [-0.05, 0) is 24.3 Å². The summed E-state index contributed by atoms with van der Waals surface area (Å²) in [6.07, 6.45) is 0.197. The molecule has 30 heavy (non-hydrogen) atoms. The number of para-hydroxylation sites is 1. The van der Waals surface area contributed by atoms with E-state index >= 15 is 0 Å². The second-order valence-electron chi connectivity index (χ2n) is 6.21. The molecule has 1 heterocycles. The first kappa shape index (κ1) is 21.1. The quantitative estimate of drug-likeness (QED) is 0.449. The van der Waals surface area contributed by atoms with Crippen molar-refractivity contribution in [1.82, 2.24) is 4.98 Å². The van der Waals surface area contributed by atoms with Gasteiger partial charge in [0.25, 0.3) is 0 Å². The Balaban J connectivity index is 1.65. The van der Waals surface area contributed by atoms with Crippen LogP contribution in [0.15, 0.2) is 71.8 Å². The van der Waals surface area contributed by atoms with Crippen molar-refractivity contribution in [1.29, 1.82) is 5.26 Å². The summed E-state index contributed by atoms with van der Waals surface area (Å²) < 4.78 is 4.74. The van der Waals surface area contributed by atoms with Crippen molar-refractivity contribution in [2.24, 2.45) is 0 Å². The molecule has 1 amide bonds. The molecule has 3 rings (SSSR count). The number of carbonyl (C=O) groups excluding carboxylic acids is 2. The van der Waals surface area contributed by atoms with Crippen LogP contribution in [0.5, 0.6) is 0 Å². The van der Waals surface area contributed by atoms with E-state index in [-0.39, 0.29) is 12.3 Å². The maximum Gasteiger partial charge on any atom is 0.339 e. The third-order valence-corrected chi connectivity index (χ3v) is 5.22. The number of anilines is 1. The Labute approximate surface area is 178 Å². The highest BCUT2D eigenvalue weighted by Gasteiger charge is 2.14. The molecule has 1 aromatic heterocycles. The van der Waals surface area contributed by atoms with Gasteiger partial charge in [0.1, 0.15) is 11.1 Å². The normalized spacial score (nSPS) is 10.1. The van der Waals surface area contributed by atoms with Gasteiger partial charge in [0, 0.05) is 17.7 Å². The van der Waals surface area contributed by atoms with E-state index in [0.717, 1.165) is 11.3 Å². The van der Waals surface area contributed by atoms with Crippen LogP contribution in [0.2, 0.25) is 0 Å². The molecule has 0 unspecified atom stereocenters. The SMILES string of the molecule is COC(=O)c1ccccc1NC(=O)CCSc1nc(-c2ccccc2)ccc1C#N. The standard InChI is InChI=1S/C23H19N3O3S/c1-29-23(28)18-9-5-6-10-20(18)25-21(27)13-14-30-22-17(15-24)11-12-19(26-22)16-7-3-2-4-8-16/h2-12H,13-14H2,1H3,(H,25,27). The molecule has 0 aliphatic rings. The van der Waals surface area contributed by atoms with Gasteiger partial charge in [-0.1, -0.05) is 42.5 Å². The Morgan fingerprint density at radius 1 is 1.07 bits per heavy atom. The summed E-state index contributed by atoms with van der Waals surface area (Å²) in [6, 6.07) is 22.1. The number of benzene rings is 2. The smallest absolute Gasteiger partial charge is 0.339 e. The van der Waals surface area contributed by atoms with Crippen LogP contribution in [0, 0.1) is 11.3 Å². The minimum atomic E-state index is -0.513. The average molecular weight is 417 g/mol. The number of hydrogen-bond acceptors (Lipinski definition) is 6. The van der Waals surface area contributed by atoms with E-state index in [2.05, 4.69) is 16.4 Å². The van der Waals surface area contributed by atoms with Crippen molar-refractivity contribution in [3.63, 3.8) is 0 Å². The molecule has 0 fully saturated rings. The van der Waals surface area contributed by atoms with Crippen LogP contribution in [0.1, 0.15) is 22.3 Å². The van der Waals surface area contributed by atoms with Gasteiger partial charge in [0.15, 0.2) is 0 Å². The van der Waals surface area contributed by atoms with Crippen molar-refractivity contribution in [3.05, 3.63) is 77.9 Å². The van der Waals surface area contributed by atoms with E-state index in [1.54, 1.807) is 30.3 Å². The van der Waals surface area contributed by atoms with Crippen LogP contribution in [0.4, 0.5) is 5.69 Å². The predicted octanol–water partition coefficient (Wildman–Crippen LogP) is 4.53. The molecule has 0 saturated heterocycles. The number of pyridine rings is 1. The van der Waals surface area contributed by atoms with Gasteiger partial charge >= 0.3 is 5.97 Å². The Morgan fingerprint density at radius 2 is 1.80 bits per heavy atom. The average Bonchev–Trinajstić information content (AvgIpc) is 2.79. The minimum Gasteiger partial charge on any atom is -0.465 e. The van der Waals surface area contributed by atoms with Crippen LogP contribution in [-0.2, 0) is 9.53 Å². The highest BCUT2D eigenvalue weighted by Crippen LogP contribution is 2.26. The van der Waals surface area contributed by atoms with Crippen LogP contribution in [-0.4, -0.2) is 29.7 Å². The zero-order valence-corrected chi connectivity index (χ0v) is 17.1. The van der Waals surface area contributed by atoms with Gasteiger partial charge in [0.05, 0.1) is 29.6 Å². The lowest BCUT2D eigenvalue weighted by Gasteiger charge is -2.10. The van der Waals surface area contributed by atoms with Crippen LogP contribution < -0.4 is 5.32 Å². The first-order valence-corrected chi connectivity index (χ1v) is 10.2. The Hall–Kier alpha value is -3.63. The Morgan fingerprint density at radius 3 is 2.53 bits per heavy atom. The highest BCUT2D eigenvalue weighted by atomic mass is 32.2. The monoisotopic (exact) mass is 417 g/mol. The summed E-state index contributed by atoms with van der Waals surface area (Å²) >= 11 is 1.35. The number of ether oxygens (including phenoxy) is 1. The fourth-order valence-electron chi connectivity index (χ4n) is 2.74. The van der Waals surface area contributed by atoms with Gasteiger partial charge in [0.2, 0.25) is 5.91 Å². The molecule has 0 saturated carbocycles. The number of methoxy groups -OCH3 is 1. The lowest BCUT2D eigenvalue weighted by Crippen LogP contribution is -2.15. The van der Waals surface area contributed by atoms with E-state index in [4.69, 9.17) is 4.74 Å². The maximum absolute atomic E-state index is 12.3. The molecular formula is C23H19N3O3S. The van der Waals surface area contributed by atoms with Crippen molar-refractivity contribution < 1.29 is 14.3 Å². The van der Waals surface area contributed by atoms with E-state index in [1.807, 2.05) is 36.4 Å². The first-order valence-electron chi connectivity index (χ1n) is 9.19. The number of amides is 1. The fourth-order valence-corrected chi connectivity index (χ4v) is 3.65. The molecule has 7 heteroatoms. The van der Waals surface area contributed by atoms with Crippen molar-refractivity contribution >= 4 is 29.3 Å². The largest absolute Gasteiger partial charge is 0.465 e. The van der Waals surface area contributed by atoms with E-state index < -0.39 is 5.97 Å². The van der Waals surface area contributed by atoms with Gasteiger partial charge in [-0.15, -0.1) is 11.8 Å². The summed E-state index contributed by atoms with van der Waals surface area (Å²) in [4.78, 5) is 28.8. The van der Waals surface area contributed by atoms with Crippen LogP contribution >= 0.6 is 11.8 Å². The topological polar surface area (TPSA) is 92.1 Å². The second kappa shape index (κ2) is 10.2. The number of thioether (sulfide) groups is 1. The lowest BCUT2D eigenvalue weighted by molar-refractivity contribution is -0.115. The van der Waals surface area contributed by atoms with Crippen molar-refractivity contribution in [2.45, 2.75) is 11.4 Å². The van der Waals surface area contributed by atoms with Gasteiger partial charge in [-0.3, -0.25) is 4.79 Å². The van der Waals surface area contributed by atoms with E-state index in [0.29, 0.717) is 27.6 Å². The molecule has 3 aromatic rings. The van der Waals surface area contributed by atoms with E-state index in [1.165, 1.54) is 18.9 Å². The van der Waals surface area contributed by atoms with Gasteiger partial charge in [-0.25, -0.2) is 9.78 Å². The molecule has 1 N–H and O–H groups in total. The summed E-state index contributed by atoms with van der Waals surface area (Å²) in [6.45, 7) is 0. The number of nitriles is 1. The predicted molar refractivity (Wildman–Crippen MR) is 116 cm³/mol. The van der Waals surface area contributed by atoms with Gasteiger partial charge in [-0.2, -0.15) is 5.26 Å². The number of nitrogens with zero attached hydrogens (tertiary/aromatic N) is 2. The minimum absolute atomic E-state index is 0.197. The zero-order valence-electron chi connectivity index (χ0n) is 16.3. The molecule has 0 aliphatic carbocycles. The summed E-state index contributed by atoms with van der Waals surface area (Å²) in [5.74, 6) is -0.316. The Kier molecular flexibility index (Phi) is 7.19. The van der Waals surface area contributed by atoms with Crippen LogP contribution in [0.25, 0.3) is 11.3 Å². The summed E-state index contributed by atoms with van der Waals surface area (Å²) in [5, 5.41) is 12.7. The molecule has 0 bridgehead atoms. The number of nitrogens with one attached hydrogen (secondary N) is 1. The molecule has 150 valence electrons. The Bertz CT molecular complexity index is 1090. The molecule has 0 spiro atoms. The lowest BCUT2D eigenvalue weighted by atomic mass is 10.1. The second-order valence-corrected chi connectivity index (χ2v) is 7.29. The number of carbonyl (C=O) groups is 2. The number of rotatable bonds is 7. The molecule has 0 radical (unpaired) electrons. The van der Waals surface area contributed by atoms with Crippen LogP contribution in [0.3, 0.4) is 0 Å². The number of hydrogen-bond donors (Lipinski definition) is 1. The molecule has 0 atom stereocenters.